The third-order valence-corrected chi connectivity index (χ3v) is 3.12. The average Bonchev–Trinajstić information content (AvgIpc) is 2.63. The number of nitrogens with zero attached hydrogens (tertiary/aromatic N) is 1. The molecule has 2 unspecified atom stereocenters. The van der Waals surface area contributed by atoms with Gasteiger partial charge < -0.3 is 15.7 Å². The van der Waals surface area contributed by atoms with Gasteiger partial charge in [0.05, 0.1) is 6.61 Å². The Bertz CT molecular complexity index is 152. The molecule has 3 N–H and O–H groups in total. The van der Waals surface area contributed by atoms with E-state index >= 15 is 0 Å². The van der Waals surface area contributed by atoms with Gasteiger partial charge in [0.2, 0.25) is 0 Å². The summed E-state index contributed by atoms with van der Waals surface area (Å²) in [4.78, 5) is 2.48. The van der Waals surface area contributed by atoms with Crippen LogP contribution in [0.4, 0.5) is 0 Å². The van der Waals surface area contributed by atoms with Crippen molar-refractivity contribution < 1.29 is 5.11 Å². The molecular weight excluding hydrogens is 176 g/mol. The zero-order chi connectivity index (χ0) is 10.4. The van der Waals surface area contributed by atoms with Gasteiger partial charge in [-0.15, -0.1) is 0 Å². The summed E-state index contributed by atoms with van der Waals surface area (Å²) in [5, 5.41) is 8.80. The smallest absolute Gasteiger partial charge is 0.0583 e. The predicted molar refractivity (Wildman–Crippen MR) is 59.1 cm³/mol. The number of rotatable bonds is 6. The summed E-state index contributed by atoms with van der Waals surface area (Å²) in [6, 6.07) is -0.0276. The van der Waals surface area contributed by atoms with Crippen molar-refractivity contribution in [1.82, 2.24) is 4.90 Å². The van der Waals surface area contributed by atoms with E-state index in [0.717, 1.165) is 18.9 Å². The molecule has 1 fully saturated rings. The van der Waals surface area contributed by atoms with Crippen LogP contribution < -0.4 is 5.73 Å². The van der Waals surface area contributed by atoms with Crippen LogP contribution in [0, 0.1) is 5.92 Å². The van der Waals surface area contributed by atoms with Crippen LogP contribution in [0.15, 0.2) is 0 Å². The van der Waals surface area contributed by atoms with Crippen molar-refractivity contribution in [3.8, 4) is 0 Å². The molecule has 84 valence electrons. The summed E-state index contributed by atoms with van der Waals surface area (Å²) in [7, 11) is 0. The molecule has 0 aromatic carbocycles. The predicted octanol–water partition coefficient (Wildman–Crippen LogP) is 0.818. The van der Waals surface area contributed by atoms with E-state index in [4.69, 9.17) is 10.8 Å². The maximum Gasteiger partial charge on any atom is 0.0583 e. The standard InChI is InChI=1S/C11H24N2O/c1-2-3-10-4-6-13(8-10)7-5-11(12)9-14/h10-11,14H,2-9,12H2,1H3. The average molecular weight is 200 g/mol. The lowest BCUT2D eigenvalue weighted by atomic mass is 10.0. The van der Waals surface area contributed by atoms with Crippen LogP contribution in [0.2, 0.25) is 0 Å². The maximum atomic E-state index is 8.80. The van der Waals surface area contributed by atoms with Crippen LogP contribution >= 0.6 is 0 Å². The Balaban J connectivity index is 2.09. The molecule has 1 heterocycles. The van der Waals surface area contributed by atoms with Crippen molar-refractivity contribution in [3.63, 3.8) is 0 Å². The number of hydrogen-bond donors (Lipinski definition) is 2. The minimum absolute atomic E-state index is 0.0276. The number of nitrogens with two attached hydrogens (primary N) is 1. The zero-order valence-corrected chi connectivity index (χ0v) is 9.28. The van der Waals surface area contributed by atoms with E-state index in [1.54, 1.807) is 0 Å². The van der Waals surface area contributed by atoms with Crippen LogP contribution in [0.25, 0.3) is 0 Å². The highest BCUT2D eigenvalue weighted by molar-refractivity contribution is 4.76. The van der Waals surface area contributed by atoms with Gasteiger partial charge in [-0.1, -0.05) is 13.3 Å². The van der Waals surface area contributed by atoms with E-state index in [-0.39, 0.29) is 12.6 Å². The molecule has 1 aliphatic rings. The van der Waals surface area contributed by atoms with E-state index in [2.05, 4.69) is 11.8 Å². The molecule has 0 aromatic rings. The molecule has 0 spiro atoms. The van der Waals surface area contributed by atoms with Crippen molar-refractivity contribution in [2.75, 3.05) is 26.2 Å². The summed E-state index contributed by atoms with van der Waals surface area (Å²) in [5.74, 6) is 0.908. The zero-order valence-electron chi connectivity index (χ0n) is 9.28. The number of aliphatic hydroxyl groups is 1. The van der Waals surface area contributed by atoms with E-state index in [9.17, 15) is 0 Å². The van der Waals surface area contributed by atoms with Gasteiger partial charge in [0.25, 0.3) is 0 Å². The fourth-order valence-electron chi connectivity index (χ4n) is 2.20. The molecule has 3 heteroatoms. The van der Waals surface area contributed by atoms with Gasteiger partial charge >= 0.3 is 0 Å². The van der Waals surface area contributed by atoms with Gasteiger partial charge in [-0.05, 0) is 38.3 Å². The first-order valence-corrected chi connectivity index (χ1v) is 5.85. The number of hydrogen-bond acceptors (Lipinski definition) is 3. The summed E-state index contributed by atoms with van der Waals surface area (Å²) in [6.07, 6.45) is 4.94. The molecule has 0 radical (unpaired) electrons. The molecule has 0 saturated carbocycles. The second kappa shape index (κ2) is 6.38. The third kappa shape index (κ3) is 3.95. The normalized spacial score (nSPS) is 25.5. The first-order valence-electron chi connectivity index (χ1n) is 5.85. The van der Waals surface area contributed by atoms with Crippen LogP contribution in [-0.4, -0.2) is 42.3 Å². The van der Waals surface area contributed by atoms with Crippen LogP contribution in [-0.2, 0) is 0 Å². The first-order chi connectivity index (χ1) is 6.76. The highest BCUT2D eigenvalue weighted by Crippen LogP contribution is 2.20. The molecule has 14 heavy (non-hydrogen) atoms. The van der Waals surface area contributed by atoms with E-state index in [1.807, 2.05) is 0 Å². The Morgan fingerprint density at radius 1 is 1.57 bits per heavy atom. The molecule has 0 amide bonds. The molecule has 0 aromatic heterocycles. The summed E-state index contributed by atoms with van der Waals surface area (Å²) in [6.45, 7) is 5.90. The Morgan fingerprint density at radius 2 is 2.36 bits per heavy atom. The van der Waals surface area contributed by atoms with Crippen LogP contribution in [0.1, 0.15) is 32.6 Å². The molecule has 2 atom stereocenters. The number of aliphatic hydroxyl groups excluding tert-OH is 1. The van der Waals surface area contributed by atoms with Crippen molar-refractivity contribution in [3.05, 3.63) is 0 Å². The molecular formula is C11H24N2O. The summed E-state index contributed by atoms with van der Waals surface area (Å²) in [5.41, 5.74) is 5.67. The minimum atomic E-state index is -0.0276. The molecule has 1 rings (SSSR count). The highest BCUT2D eigenvalue weighted by Gasteiger charge is 2.21. The van der Waals surface area contributed by atoms with E-state index < -0.39 is 0 Å². The highest BCUT2D eigenvalue weighted by atomic mass is 16.3. The molecule has 0 aliphatic carbocycles. The van der Waals surface area contributed by atoms with Crippen molar-refractivity contribution >= 4 is 0 Å². The lowest BCUT2D eigenvalue weighted by Crippen LogP contribution is -2.31. The van der Waals surface area contributed by atoms with Gasteiger partial charge in [-0.3, -0.25) is 0 Å². The van der Waals surface area contributed by atoms with Crippen LogP contribution in [0.3, 0.4) is 0 Å². The Morgan fingerprint density at radius 3 is 3.00 bits per heavy atom. The molecule has 1 saturated heterocycles. The van der Waals surface area contributed by atoms with Crippen LogP contribution in [0.5, 0.6) is 0 Å². The topological polar surface area (TPSA) is 49.5 Å². The fourth-order valence-corrected chi connectivity index (χ4v) is 2.20. The monoisotopic (exact) mass is 200 g/mol. The van der Waals surface area contributed by atoms with Gasteiger partial charge in [0.1, 0.15) is 0 Å². The number of likely N-dealkylation sites (tertiary alicyclic amines) is 1. The Labute approximate surface area is 87.3 Å². The summed E-state index contributed by atoms with van der Waals surface area (Å²) >= 11 is 0. The second-order valence-corrected chi connectivity index (χ2v) is 4.48. The molecule has 3 nitrogen and oxygen atoms in total. The van der Waals surface area contributed by atoms with Gasteiger partial charge in [-0.25, -0.2) is 0 Å². The molecule has 1 aliphatic heterocycles. The Kier molecular flexibility index (Phi) is 5.45. The SMILES string of the molecule is CCCC1CCN(CCC(N)CO)C1. The maximum absolute atomic E-state index is 8.80. The largest absolute Gasteiger partial charge is 0.395 e. The Hall–Kier alpha value is -0.120. The fraction of sp³-hybridized carbons (Fsp3) is 1.00. The van der Waals surface area contributed by atoms with E-state index in [1.165, 1.54) is 32.4 Å². The van der Waals surface area contributed by atoms with Crippen molar-refractivity contribution in [2.24, 2.45) is 11.7 Å². The summed E-state index contributed by atoms with van der Waals surface area (Å²) < 4.78 is 0. The van der Waals surface area contributed by atoms with E-state index in [0.29, 0.717) is 0 Å². The van der Waals surface area contributed by atoms with Gasteiger partial charge in [0, 0.05) is 12.6 Å². The van der Waals surface area contributed by atoms with Crippen molar-refractivity contribution in [2.45, 2.75) is 38.6 Å². The quantitative estimate of drug-likeness (QED) is 0.667. The first kappa shape index (κ1) is 12.0. The second-order valence-electron chi connectivity index (χ2n) is 4.48. The minimum Gasteiger partial charge on any atom is -0.395 e. The van der Waals surface area contributed by atoms with Gasteiger partial charge in [-0.2, -0.15) is 0 Å². The molecule has 0 bridgehead atoms. The van der Waals surface area contributed by atoms with Crippen molar-refractivity contribution in [1.29, 1.82) is 0 Å². The lowest BCUT2D eigenvalue weighted by Gasteiger charge is -2.17. The van der Waals surface area contributed by atoms with Gasteiger partial charge in [0.15, 0.2) is 0 Å². The third-order valence-electron chi connectivity index (χ3n) is 3.12. The lowest BCUT2D eigenvalue weighted by molar-refractivity contribution is 0.237.